The average molecular weight is 515 g/mol. The molecular formula is C38H30N2. The van der Waals surface area contributed by atoms with Gasteiger partial charge in [0.25, 0.3) is 0 Å². The van der Waals surface area contributed by atoms with Crippen LogP contribution in [0, 0.1) is 0 Å². The molecule has 0 atom stereocenters. The van der Waals surface area contributed by atoms with Crippen molar-refractivity contribution in [2.75, 3.05) is 0 Å². The molecule has 0 radical (unpaired) electrons. The predicted octanol–water partition coefficient (Wildman–Crippen LogP) is 9.69. The van der Waals surface area contributed by atoms with Crippen LogP contribution in [0.1, 0.15) is 11.1 Å². The van der Waals surface area contributed by atoms with Gasteiger partial charge in [0.15, 0.2) is 0 Å². The fourth-order valence-corrected chi connectivity index (χ4v) is 5.88. The van der Waals surface area contributed by atoms with Crippen LogP contribution in [-0.4, -0.2) is 9.13 Å². The van der Waals surface area contributed by atoms with E-state index in [-0.39, 0.29) is 0 Å². The van der Waals surface area contributed by atoms with Crippen LogP contribution in [0.4, 0.5) is 0 Å². The Kier molecular flexibility index (Phi) is 6.35. The van der Waals surface area contributed by atoms with Gasteiger partial charge in [0, 0.05) is 56.7 Å². The molecule has 8 aromatic rings. The molecule has 2 aromatic heterocycles. The lowest BCUT2D eigenvalue weighted by atomic mass is 10.2. The smallest absolute Gasteiger partial charge is 0.0494 e. The molecule has 192 valence electrons. The molecule has 0 fully saturated rings. The molecular weight excluding hydrogens is 484 g/mol. The summed E-state index contributed by atoms with van der Waals surface area (Å²) in [6, 6.07) is 55.8. The second kappa shape index (κ2) is 10.6. The highest BCUT2D eigenvalue weighted by Gasteiger charge is 2.10. The number of rotatable bonds is 4. The topological polar surface area (TPSA) is 9.86 Å². The molecule has 0 aliphatic carbocycles. The van der Waals surface area contributed by atoms with Crippen LogP contribution >= 0.6 is 0 Å². The van der Waals surface area contributed by atoms with Crippen LogP contribution in [0.15, 0.2) is 158 Å². The van der Waals surface area contributed by atoms with Crippen LogP contribution in [0.3, 0.4) is 0 Å². The molecule has 0 bridgehead atoms. The van der Waals surface area contributed by atoms with Gasteiger partial charge in [-0.3, -0.25) is 0 Å². The summed E-state index contributed by atoms with van der Waals surface area (Å²) in [4.78, 5) is 0. The SMILES string of the molecule is c1ccc(Cn2c3ccccc3c3ccccc32)cc1.c1ccc(Cn2c3ccccc3c3ccccc32)cc1. The third kappa shape index (κ3) is 4.44. The maximum absolute atomic E-state index is 2.40. The predicted molar refractivity (Wildman–Crippen MR) is 170 cm³/mol. The number of hydrogen-bond donors (Lipinski definition) is 0. The van der Waals surface area contributed by atoms with E-state index in [1.54, 1.807) is 0 Å². The Bertz CT molecular complexity index is 1790. The Labute approximate surface area is 234 Å². The lowest BCUT2D eigenvalue weighted by Crippen LogP contribution is -1.98. The summed E-state index contributed by atoms with van der Waals surface area (Å²) >= 11 is 0. The lowest BCUT2D eigenvalue weighted by molar-refractivity contribution is 0.869. The van der Waals surface area contributed by atoms with Crippen molar-refractivity contribution in [1.29, 1.82) is 0 Å². The summed E-state index contributed by atoms with van der Waals surface area (Å²) in [5.41, 5.74) is 7.88. The van der Waals surface area contributed by atoms with Crippen LogP contribution in [0.5, 0.6) is 0 Å². The Hall–Kier alpha value is -5.08. The normalized spacial score (nSPS) is 11.2. The minimum absolute atomic E-state index is 0.912. The highest BCUT2D eigenvalue weighted by molar-refractivity contribution is 6.08. The molecule has 0 aliphatic rings. The second-order valence-electron chi connectivity index (χ2n) is 10.2. The summed E-state index contributed by atoms with van der Waals surface area (Å²) in [7, 11) is 0. The molecule has 8 rings (SSSR count). The standard InChI is InChI=1S/2C19H15N/c2*1-2-8-15(9-3-1)14-20-18-12-6-4-10-16(18)17-11-5-7-13-19(17)20/h2*1-13H,14H2. The van der Waals surface area contributed by atoms with Gasteiger partial charge in [-0.05, 0) is 35.4 Å². The quantitative estimate of drug-likeness (QED) is 0.221. The first-order valence-corrected chi connectivity index (χ1v) is 13.9. The molecule has 0 saturated carbocycles. The van der Waals surface area contributed by atoms with Crippen molar-refractivity contribution >= 4 is 43.6 Å². The van der Waals surface area contributed by atoms with E-state index in [0.717, 1.165) is 13.1 Å². The molecule has 2 heteroatoms. The second-order valence-corrected chi connectivity index (χ2v) is 10.2. The summed E-state index contributed by atoms with van der Waals surface area (Å²) in [5.74, 6) is 0. The minimum Gasteiger partial charge on any atom is -0.336 e. The van der Waals surface area contributed by atoms with E-state index in [9.17, 15) is 0 Å². The van der Waals surface area contributed by atoms with Gasteiger partial charge in [0.1, 0.15) is 0 Å². The average Bonchev–Trinajstić information content (AvgIpc) is 3.52. The van der Waals surface area contributed by atoms with Gasteiger partial charge in [-0.15, -0.1) is 0 Å². The van der Waals surface area contributed by atoms with Crippen LogP contribution in [-0.2, 0) is 13.1 Å². The van der Waals surface area contributed by atoms with Crippen LogP contribution in [0.25, 0.3) is 43.6 Å². The zero-order valence-electron chi connectivity index (χ0n) is 22.3. The van der Waals surface area contributed by atoms with E-state index in [2.05, 4.69) is 167 Å². The molecule has 40 heavy (non-hydrogen) atoms. The summed E-state index contributed by atoms with van der Waals surface area (Å²) in [6.45, 7) is 1.82. The maximum Gasteiger partial charge on any atom is 0.0494 e. The van der Waals surface area contributed by atoms with Gasteiger partial charge < -0.3 is 9.13 Å². The molecule has 6 aromatic carbocycles. The first kappa shape index (κ1) is 24.0. The monoisotopic (exact) mass is 514 g/mol. The van der Waals surface area contributed by atoms with Gasteiger partial charge in [0.05, 0.1) is 0 Å². The summed E-state index contributed by atoms with van der Waals surface area (Å²) < 4.78 is 4.81. The summed E-state index contributed by atoms with van der Waals surface area (Å²) in [5, 5.41) is 5.33. The third-order valence-electron chi connectivity index (χ3n) is 7.73. The Balaban J connectivity index is 0.000000132. The van der Waals surface area contributed by atoms with Crippen molar-refractivity contribution < 1.29 is 0 Å². The molecule has 2 heterocycles. The fourth-order valence-electron chi connectivity index (χ4n) is 5.88. The number of fused-ring (bicyclic) bond motifs is 6. The lowest BCUT2D eigenvalue weighted by Gasteiger charge is -2.07. The highest BCUT2D eigenvalue weighted by Crippen LogP contribution is 2.30. The maximum atomic E-state index is 2.40. The molecule has 0 unspecified atom stereocenters. The van der Waals surface area contributed by atoms with Crippen LogP contribution in [0.2, 0.25) is 0 Å². The summed E-state index contributed by atoms with van der Waals surface area (Å²) in [6.07, 6.45) is 0. The molecule has 2 nitrogen and oxygen atoms in total. The number of aromatic nitrogens is 2. The number of para-hydroxylation sites is 4. The number of hydrogen-bond acceptors (Lipinski definition) is 0. The third-order valence-corrected chi connectivity index (χ3v) is 7.73. The van der Waals surface area contributed by atoms with Gasteiger partial charge >= 0.3 is 0 Å². The van der Waals surface area contributed by atoms with Crippen molar-refractivity contribution in [1.82, 2.24) is 9.13 Å². The number of benzene rings is 6. The molecule has 0 saturated heterocycles. The molecule has 0 aliphatic heterocycles. The minimum atomic E-state index is 0.912. The zero-order chi connectivity index (χ0) is 26.7. The molecule has 0 N–H and O–H groups in total. The van der Waals surface area contributed by atoms with E-state index >= 15 is 0 Å². The zero-order valence-corrected chi connectivity index (χ0v) is 22.3. The van der Waals surface area contributed by atoms with Crippen molar-refractivity contribution in [3.8, 4) is 0 Å². The van der Waals surface area contributed by atoms with E-state index in [1.165, 1.54) is 54.7 Å². The Morgan fingerprint density at radius 2 is 0.525 bits per heavy atom. The molecule has 0 spiro atoms. The van der Waals surface area contributed by atoms with Gasteiger partial charge in [-0.1, -0.05) is 133 Å². The highest BCUT2D eigenvalue weighted by atomic mass is 15.0. The first-order chi connectivity index (χ1) is 19.9. The van der Waals surface area contributed by atoms with Crippen molar-refractivity contribution in [2.24, 2.45) is 0 Å². The van der Waals surface area contributed by atoms with E-state index < -0.39 is 0 Å². The van der Waals surface area contributed by atoms with Gasteiger partial charge in [0.2, 0.25) is 0 Å². The van der Waals surface area contributed by atoms with Gasteiger partial charge in [-0.25, -0.2) is 0 Å². The van der Waals surface area contributed by atoms with Crippen molar-refractivity contribution in [2.45, 2.75) is 13.1 Å². The van der Waals surface area contributed by atoms with Gasteiger partial charge in [-0.2, -0.15) is 0 Å². The Morgan fingerprint density at radius 3 is 0.825 bits per heavy atom. The van der Waals surface area contributed by atoms with E-state index in [1.807, 2.05) is 0 Å². The van der Waals surface area contributed by atoms with Crippen molar-refractivity contribution in [3.05, 3.63) is 169 Å². The van der Waals surface area contributed by atoms with Crippen molar-refractivity contribution in [3.63, 3.8) is 0 Å². The largest absolute Gasteiger partial charge is 0.336 e. The van der Waals surface area contributed by atoms with Crippen LogP contribution < -0.4 is 0 Å². The molecule has 0 amide bonds. The Morgan fingerprint density at radius 1 is 0.275 bits per heavy atom. The fraction of sp³-hybridized carbons (Fsp3) is 0.0526. The van der Waals surface area contributed by atoms with E-state index in [4.69, 9.17) is 0 Å². The first-order valence-electron chi connectivity index (χ1n) is 13.9. The number of nitrogens with zero attached hydrogens (tertiary/aromatic N) is 2. The van der Waals surface area contributed by atoms with E-state index in [0.29, 0.717) is 0 Å².